The monoisotopic (exact) mass is 709 g/mol. The quantitative estimate of drug-likeness (QED) is 0.221. The first-order valence-corrected chi connectivity index (χ1v) is 21.0. The molecule has 0 aromatic heterocycles. The van der Waals surface area contributed by atoms with Gasteiger partial charge in [0.15, 0.2) is 8.32 Å². The predicted molar refractivity (Wildman–Crippen MR) is 200 cm³/mol. The molecule has 9 heteroatoms. The van der Waals surface area contributed by atoms with Crippen LogP contribution in [0.15, 0.2) is 72.8 Å². The van der Waals surface area contributed by atoms with Gasteiger partial charge in [0, 0.05) is 11.6 Å². The molecule has 4 rings (SSSR count). The van der Waals surface area contributed by atoms with Gasteiger partial charge in [-0.1, -0.05) is 106 Å². The summed E-state index contributed by atoms with van der Waals surface area (Å²) in [4.78, 5) is 29.0. The zero-order valence-electron chi connectivity index (χ0n) is 30.6. The van der Waals surface area contributed by atoms with Crippen LogP contribution < -0.4 is 0 Å². The molecule has 7 nitrogen and oxygen atoms in total. The van der Waals surface area contributed by atoms with Gasteiger partial charge in [-0.3, -0.25) is 4.79 Å². The van der Waals surface area contributed by atoms with E-state index in [9.17, 15) is 14.7 Å². The summed E-state index contributed by atoms with van der Waals surface area (Å²) in [6.07, 6.45) is 9.07. The molecule has 0 bridgehead atoms. The van der Waals surface area contributed by atoms with Crippen LogP contribution in [0.5, 0.6) is 0 Å². The van der Waals surface area contributed by atoms with Crippen LogP contribution in [0.2, 0.25) is 23.2 Å². The van der Waals surface area contributed by atoms with E-state index in [4.69, 9.17) is 25.5 Å². The van der Waals surface area contributed by atoms with E-state index < -0.39 is 43.6 Å². The summed E-state index contributed by atoms with van der Waals surface area (Å²) >= 11 is 6.46. The number of rotatable bonds is 12. The highest BCUT2D eigenvalue weighted by atomic mass is 35.5. The lowest BCUT2D eigenvalue weighted by atomic mass is 9.73. The third-order valence-electron chi connectivity index (χ3n) is 10.1. The smallest absolute Gasteiger partial charge is 0.410 e. The standard InChI is InChI=1S/C40H56ClNO6Si/c1-38(2,3)47-37(45)42(28-34(31-18-15-19-32(41)26-31)48-49(7,8)39(4,5)6)25-24-40(36(43)44)23-22-30(29-16-11-9-12-17-29)27-35(40)46-33-20-13-10-14-21-33/h9,11-12,15-19,22-23,26-27,33-35H,10,13-14,20-21,24-25,28H2,1-8H3,(H,43,44)/t34-,35?,40?/m0/s1. The Morgan fingerprint density at radius 3 is 2.27 bits per heavy atom. The number of carbonyl (C=O) groups excluding carboxylic acids is 1. The van der Waals surface area contributed by atoms with Crippen molar-refractivity contribution in [2.75, 3.05) is 13.1 Å². The third-order valence-corrected chi connectivity index (χ3v) is 14.8. The van der Waals surface area contributed by atoms with Crippen LogP contribution in [0, 0.1) is 5.41 Å². The van der Waals surface area contributed by atoms with Crippen molar-refractivity contribution < 1.29 is 28.6 Å². The third kappa shape index (κ3) is 10.3. The summed E-state index contributed by atoms with van der Waals surface area (Å²) in [5, 5.41) is 11.5. The maximum absolute atomic E-state index is 14.0. The molecule has 0 radical (unpaired) electrons. The summed E-state index contributed by atoms with van der Waals surface area (Å²) in [5.41, 5.74) is 0.618. The van der Waals surface area contributed by atoms with E-state index in [0.717, 1.165) is 48.8 Å². The fourth-order valence-corrected chi connectivity index (χ4v) is 7.65. The van der Waals surface area contributed by atoms with Gasteiger partial charge in [-0.2, -0.15) is 0 Å². The second-order valence-electron chi connectivity index (χ2n) is 16.1. The lowest BCUT2D eigenvalue weighted by Gasteiger charge is -2.42. The van der Waals surface area contributed by atoms with Crippen LogP contribution in [-0.4, -0.2) is 61.3 Å². The van der Waals surface area contributed by atoms with E-state index in [1.165, 1.54) is 0 Å². The van der Waals surface area contributed by atoms with E-state index in [-0.39, 0.29) is 30.7 Å². The maximum atomic E-state index is 14.0. The minimum absolute atomic E-state index is 0.0237. The van der Waals surface area contributed by atoms with Crippen LogP contribution in [0.25, 0.3) is 5.57 Å². The van der Waals surface area contributed by atoms with Gasteiger partial charge in [0.2, 0.25) is 0 Å². The molecule has 2 aliphatic rings. The molecule has 268 valence electrons. The summed E-state index contributed by atoms with van der Waals surface area (Å²) in [5.74, 6) is -0.985. The van der Waals surface area contributed by atoms with Crippen LogP contribution in [0.4, 0.5) is 4.79 Å². The molecule has 1 amide bonds. The second-order valence-corrected chi connectivity index (χ2v) is 21.3. The van der Waals surface area contributed by atoms with Gasteiger partial charge in [0.05, 0.1) is 24.9 Å². The predicted octanol–water partition coefficient (Wildman–Crippen LogP) is 10.5. The van der Waals surface area contributed by atoms with Crippen molar-refractivity contribution in [2.24, 2.45) is 5.41 Å². The Kier molecular flexibility index (Phi) is 12.7. The molecule has 1 N–H and O–H groups in total. The van der Waals surface area contributed by atoms with Crippen molar-refractivity contribution in [2.45, 2.75) is 122 Å². The van der Waals surface area contributed by atoms with Gasteiger partial charge in [0.1, 0.15) is 11.0 Å². The van der Waals surface area contributed by atoms with Gasteiger partial charge in [0.25, 0.3) is 0 Å². The molecular weight excluding hydrogens is 654 g/mol. The number of halogens is 1. The van der Waals surface area contributed by atoms with Crippen molar-refractivity contribution in [1.82, 2.24) is 4.90 Å². The normalized spacial score (nSPS) is 21.2. The number of carboxylic acids is 1. The highest BCUT2D eigenvalue weighted by Gasteiger charge is 2.47. The molecule has 0 spiro atoms. The first-order valence-electron chi connectivity index (χ1n) is 17.7. The summed E-state index contributed by atoms with van der Waals surface area (Å²) < 4.78 is 19.6. The Balaban J connectivity index is 1.71. The zero-order chi connectivity index (χ0) is 36.0. The van der Waals surface area contributed by atoms with E-state index >= 15 is 0 Å². The fraction of sp³-hybridized carbons (Fsp3) is 0.550. The molecule has 1 saturated carbocycles. The van der Waals surface area contributed by atoms with Gasteiger partial charge < -0.3 is 23.9 Å². The second kappa shape index (κ2) is 16.0. The summed E-state index contributed by atoms with van der Waals surface area (Å²) in [6.45, 7) is 16.7. The molecule has 0 aliphatic heterocycles. The first kappa shape index (κ1) is 38.9. The number of carbonyl (C=O) groups is 2. The number of allylic oxidation sites excluding steroid dienone is 2. The molecule has 2 aromatic carbocycles. The zero-order valence-corrected chi connectivity index (χ0v) is 32.4. The average Bonchev–Trinajstić information content (AvgIpc) is 3.02. The largest absolute Gasteiger partial charge is 0.481 e. The molecule has 2 aromatic rings. The first-order chi connectivity index (χ1) is 22.9. The van der Waals surface area contributed by atoms with Crippen molar-refractivity contribution in [3.8, 4) is 0 Å². The molecule has 2 unspecified atom stereocenters. The highest BCUT2D eigenvalue weighted by Crippen LogP contribution is 2.43. The molecule has 0 saturated heterocycles. The highest BCUT2D eigenvalue weighted by molar-refractivity contribution is 6.74. The number of hydrogen-bond donors (Lipinski definition) is 1. The van der Waals surface area contributed by atoms with Gasteiger partial charge in [-0.15, -0.1) is 0 Å². The Morgan fingerprint density at radius 1 is 1.00 bits per heavy atom. The Labute approximate surface area is 299 Å². The number of amides is 1. The molecule has 49 heavy (non-hydrogen) atoms. The molecule has 1 fully saturated rings. The number of nitrogens with zero attached hydrogens (tertiary/aromatic N) is 1. The van der Waals surface area contributed by atoms with Crippen LogP contribution >= 0.6 is 11.6 Å². The Morgan fingerprint density at radius 2 is 1.67 bits per heavy atom. The van der Waals surface area contributed by atoms with Crippen LogP contribution in [0.1, 0.15) is 97.3 Å². The number of carboxylic acid groups (broad SMARTS) is 1. The van der Waals surface area contributed by atoms with Crippen molar-refractivity contribution >= 4 is 37.6 Å². The van der Waals surface area contributed by atoms with Crippen molar-refractivity contribution in [3.63, 3.8) is 0 Å². The van der Waals surface area contributed by atoms with Crippen molar-refractivity contribution in [3.05, 3.63) is 89.0 Å². The van der Waals surface area contributed by atoms with E-state index in [0.29, 0.717) is 5.02 Å². The lowest BCUT2D eigenvalue weighted by molar-refractivity contribution is -0.157. The van der Waals surface area contributed by atoms with Gasteiger partial charge in [-0.05, 0) is 93.1 Å². The van der Waals surface area contributed by atoms with Crippen LogP contribution in [0.3, 0.4) is 0 Å². The van der Waals surface area contributed by atoms with E-state index in [1.807, 2.05) is 87.5 Å². The topological polar surface area (TPSA) is 85.3 Å². The van der Waals surface area contributed by atoms with Crippen LogP contribution in [-0.2, 0) is 18.7 Å². The van der Waals surface area contributed by atoms with E-state index in [2.05, 4.69) is 33.9 Å². The minimum Gasteiger partial charge on any atom is -0.481 e. The summed E-state index contributed by atoms with van der Waals surface area (Å²) in [7, 11) is -2.34. The number of ether oxygens (including phenoxy) is 2. The molecular formula is C40H56ClNO6Si. The fourth-order valence-electron chi connectivity index (χ4n) is 6.17. The SMILES string of the molecule is CC(C)(C)OC(=O)N(CCC1(C(=O)O)C=CC(c2ccccc2)=CC1OC1CCCCC1)C[C@H](O[Si](C)(C)C(C)(C)C)c1cccc(Cl)c1. The van der Waals surface area contributed by atoms with Gasteiger partial charge in [-0.25, -0.2) is 4.79 Å². The number of benzene rings is 2. The maximum Gasteiger partial charge on any atom is 0.410 e. The molecule has 0 heterocycles. The Hall–Kier alpha value is -2.91. The van der Waals surface area contributed by atoms with E-state index in [1.54, 1.807) is 11.0 Å². The molecule has 3 atom stereocenters. The Bertz CT molecular complexity index is 1490. The average molecular weight is 710 g/mol. The summed E-state index contributed by atoms with van der Waals surface area (Å²) in [6, 6.07) is 17.5. The van der Waals surface area contributed by atoms with Gasteiger partial charge >= 0.3 is 12.1 Å². The number of hydrogen-bond acceptors (Lipinski definition) is 5. The van der Waals surface area contributed by atoms with Crippen molar-refractivity contribution in [1.29, 1.82) is 0 Å². The minimum atomic E-state index is -2.34. The molecule has 2 aliphatic carbocycles. The lowest BCUT2D eigenvalue weighted by Crippen LogP contribution is -2.49. The number of aliphatic carboxylic acids is 1.